The molecule has 4 N–H and O–H groups in total. The van der Waals surface area contributed by atoms with Gasteiger partial charge < -0.3 is 35.1 Å². The summed E-state index contributed by atoms with van der Waals surface area (Å²) >= 11 is 6.84. The number of benzene rings is 3. The van der Waals surface area contributed by atoms with E-state index >= 15 is 0 Å². The topological polar surface area (TPSA) is 126 Å². The van der Waals surface area contributed by atoms with Crippen LogP contribution in [0.2, 0.25) is 0 Å². The average molecular weight is 567 g/mol. The van der Waals surface area contributed by atoms with Crippen molar-refractivity contribution in [2.24, 2.45) is 0 Å². The van der Waals surface area contributed by atoms with Gasteiger partial charge in [0, 0.05) is 23.0 Å². The third-order valence-corrected chi connectivity index (χ3v) is 6.23. The van der Waals surface area contributed by atoms with Crippen LogP contribution >= 0.6 is 11.6 Å². The number of ether oxygens (including phenoxy) is 3. The smallest absolute Gasteiger partial charge is 0.248 e. The Morgan fingerprint density at radius 1 is 0.800 bits per heavy atom. The van der Waals surface area contributed by atoms with E-state index in [-0.39, 0.29) is 24.7 Å². The molecule has 0 radical (unpaired) electrons. The SMILES string of the molecule is COc1ccc(/C(Cl)=C(\C=C\C(=O)Nc2cccc(CO)c2)CC(=O)Nc2cccc(CO)c2)c(OC)c1OC. The number of methoxy groups -OCH3 is 3. The summed E-state index contributed by atoms with van der Waals surface area (Å²) in [6.45, 7) is -0.329. The number of aliphatic hydroxyl groups is 2. The molecule has 0 aliphatic heterocycles. The van der Waals surface area contributed by atoms with Gasteiger partial charge in [0.2, 0.25) is 17.6 Å². The molecule has 0 fully saturated rings. The van der Waals surface area contributed by atoms with E-state index in [0.717, 1.165) is 0 Å². The number of anilines is 2. The molecule has 10 heteroatoms. The largest absolute Gasteiger partial charge is 0.493 e. The Balaban J connectivity index is 1.97. The van der Waals surface area contributed by atoms with Crippen LogP contribution < -0.4 is 24.8 Å². The van der Waals surface area contributed by atoms with Crippen molar-refractivity contribution in [1.82, 2.24) is 0 Å². The molecule has 0 saturated heterocycles. The zero-order chi connectivity index (χ0) is 29.1. The lowest BCUT2D eigenvalue weighted by Crippen LogP contribution is -2.13. The van der Waals surface area contributed by atoms with Crippen molar-refractivity contribution in [3.8, 4) is 17.2 Å². The number of nitrogens with one attached hydrogen (secondary N) is 2. The van der Waals surface area contributed by atoms with Gasteiger partial charge in [0.1, 0.15) is 0 Å². The Kier molecular flexibility index (Phi) is 11.1. The summed E-state index contributed by atoms with van der Waals surface area (Å²) in [5, 5.41) is 24.4. The summed E-state index contributed by atoms with van der Waals surface area (Å²) in [5.41, 5.74) is 3.04. The third kappa shape index (κ3) is 7.86. The molecule has 9 nitrogen and oxygen atoms in total. The molecule has 2 amide bonds. The van der Waals surface area contributed by atoms with Crippen molar-refractivity contribution in [2.45, 2.75) is 19.6 Å². The third-order valence-electron chi connectivity index (χ3n) is 5.78. The molecular weight excluding hydrogens is 536 g/mol. The molecule has 0 spiro atoms. The van der Waals surface area contributed by atoms with Crippen LogP contribution in [-0.2, 0) is 22.8 Å². The molecule has 0 aliphatic rings. The molecule has 0 saturated carbocycles. The van der Waals surface area contributed by atoms with Gasteiger partial charge in [-0.3, -0.25) is 9.59 Å². The monoisotopic (exact) mass is 566 g/mol. The molecule has 0 unspecified atom stereocenters. The number of amides is 2. The minimum absolute atomic E-state index is 0.156. The summed E-state index contributed by atoms with van der Waals surface area (Å²) in [7, 11) is 4.41. The fraction of sp³-hybridized carbons (Fsp3) is 0.200. The van der Waals surface area contributed by atoms with Crippen LogP contribution in [0.5, 0.6) is 17.2 Å². The van der Waals surface area contributed by atoms with Gasteiger partial charge in [-0.2, -0.15) is 0 Å². The molecule has 0 aliphatic carbocycles. The van der Waals surface area contributed by atoms with Gasteiger partial charge in [-0.05, 0) is 53.1 Å². The van der Waals surface area contributed by atoms with Gasteiger partial charge in [-0.1, -0.05) is 41.9 Å². The number of allylic oxidation sites excluding steroid dienone is 1. The highest BCUT2D eigenvalue weighted by molar-refractivity contribution is 6.50. The number of rotatable bonds is 12. The molecular formula is C30H31ClN2O7. The number of hydrogen-bond donors (Lipinski definition) is 4. The van der Waals surface area contributed by atoms with E-state index in [4.69, 9.17) is 25.8 Å². The van der Waals surface area contributed by atoms with Crippen molar-refractivity contribution in [3.05, 3.63) is 95.1 Å². The Labute approximate surface area is 237 Å². The first-order chi connectivity index (χ1) is 19.3. The highest BCUT2D eigenvalue weighted by atomic mass is 35.5. The van der Waals surface area contributed by atoms with Crippen LogP contribution in [-0.4, -0.2) is 43.4 Å². The molecule has 0 aromatic heterocycles. The first kappa shape index (κ1) is 30.2. The molecule has 0 atom stereocenters. The first-order valence-electron chi connectivity index (χ1n) is 12.2. The van der Waals surface area contributed by atoms with Gasteiger partial charge in [0.25, 0.3) is 0 Å². The summed E-state index contributed by atoms with van der Waals surface area (Å²) in [6, 6.07) is 16.9. The van der Waals surface area contributed by atoms with Crippen LogP contribution in [0.1, 0.15) is 23.1 Å². The fourth-order valence-electron chi connectivity index (χ4n) is 3.89. The fourth-order valence-corrected chi connectivity index (χ4v) is 4.17. The van der Waals surface area contributed by atoms with E-state index in [1.54, 1.807) is 60.7 Å². The zero-order valence-electron chi connectivity index (χ0n) is 22.4. The maximum atomic E-state index is 13.0. The summed E-state index contributed by atoms with van der Waals surface area (Å²) in [4.78, 5) is 25.8. The van der Waals surface area contributed by atoms with Crippen molar-refractivity contribution in [3.63, 3.8) is 0 Å². The molecule has 3 aromatic rings. The van der Waals surface area contributed by atoms with Crippen molar-refractivity contribution < 1.29 is 34.0 Å². The van der Waals surface area contributed by atoms with E-state index < -0.39 is 11.8 Å². The summed E-state index contributed by atoms with van der Waals surface area (Å²) in [5.74, 6) is 0.168. The Hall–Kier alpha value is -4.31. The Morgan fingerprint density at radius 2 is 1.40 bits per heavy atom. The minimum Gasteiger partial charge on any atom is -0.493 e. The molecule has 210 valence electrons. The van der Waals surface area contributed by atoms with Crippen LogP contribution in [0.15, 0.2) is 78.4 Å². The number of hydrogen-bond acceptors (Lipinski definition) is 7. The normalized spacial score (nSPS) is 11.6. The second-order valence-corrected chi connectivity index (χ2v) is 8.86. The number of carbonyl (C=O) groups is 2. The lowest BCUT2D eigenvalue weighted by Gasteiger charge is -2.17. The minimum atomic E-state index is -0.465. The molecule has 0 heterocycles. The molecule has 40 heavy (non-hydrogen) atoms. The predicted molar refractivity (Wildman–Crippen MR) is 155 cm³/mol. The molecule has 0 bridgehead atoms. The molecule has 3 rings (SSSR count). The van der Waals surface area contributed by atoms with Crippen LogP contribution in [0, 0.1) is 0 Å². The predicted octanol–water partition coefficient (Wildman–Crippen LogP) is 4.87. The maximum absolute atomic E-state index is 13.0. The number of carbonyl (C=O) groups excluding carboxylic acids is 2. The van der Waals surface area contributed by atoms with Crippen molar-refractivity contribution >= 4 is 39.8 Å². The lowest BCUT2D eigenvalue weighted by molar-refractivity contribution is -0.115. The van der Waals surface area contributed by atoms with E-state index in [2.05, 4.69) is 10.6 Å². The van der Waals surface area contributed by atoms with Gasteiger partial charge in [0.05, 0.1) is 46.0 Å². The maximum Gasteiger partial charge on any atom is 0.248 e. The van der Waals surface area contributed by atoms with Crippen molar-refractivity contribution in [1.29, 1.82) is 0 Å². The highest BCUT2D eigenvalue weighted by Gasteiger charge is 2.20. The van der Waals surface area contributed by atoms with E-state index in [9.17, 15) is 19.8 Å². The standard InChI is InChI=1S/C30H31ClN2O7/c1-38-25-12-11-24(29(39-2)30(25)40-3)28(31)21(16-27(37)33-23-9-5-7-20(15-23)18-35)10-13-26(36)32-22-8-4-6-19(14-22)17-34/h4-15,34-35H,16-18H2,1-3H3,(H,32,36)(H,33,37)/b13-10+,28-21-. The second kappa shape index (κ2) is 14.7. The second-order valence-electron chi connectivity index (χ2n) is 8.49. The van der Waals surface area contributed by atoms with Gasteiger partial charge in [-0.15, -0.1) is 0 Å². The zero-order valence-corrected chi connectivity index (χ0v) is 23.1. The van der Waals surface area contributed by atoms with Crippen molar-refractivity contribution in [2.75, 3.05) is 32.0 Å². The van der Waals surface area contributed by atoms with Crippen LogP contribution in [0.4, 0.5) is 11.4 Å². The average Bonchev–Trinajstić information content (AvgIpc) is 2.98. The first-order valence-corrected chi connectivity index (χ1v) is 12.6. The number of aliphatic hydroxyl groups excluding tert-OH is 2. The highest BCUT2D eigenvalue weighted by Crippen LogP contribution is 2.44. The van der Waals surface area contributed by atoms with Crippen LogP contribution in [0.3, 0.4) is 0 Å². The van der Waals surface area contributed by atoms with E-state index in [1.807, 2.05) is 0 Å². The van der Waals surface area contributed by atoms with Crippen LogP contribution in [0.25, 0.3) is 5.03 Å². The number of halogens is 1. The van der Waals surface area contributed by atoms with E-state index in [1.165, 1.54) is 33.5 Å². The Bertz CT molecular complexity index is 1420. The van der Waals surface area contributed by atoms with E-state index in [0.29, 0.717) is 50.9 Å². The summed E-state index contributed by atoms with van der Waals surface area (Å²) < 4.78 is 16.4. The van der Waals surface area contributed by atoms with Gasteiger partial charge in [-0.25, -0.2) is 0 Å². The van der Waals surface area contributed by atoms with Gasteiger partial charge >= 0.3 is 0 Å². The lowest BCUT2D eigenvalue weighted by atomic mass is 10.0. The van der Waals surface area contributed by atoms with Gasteiger partial charge in [0.15, 0.2) is 11.5 Å². The quantitative estimate of drug-likeness (QED) is 0.182. The summed E-state index contributed by atoms with van der Waals surface area (Å²) in [6.07, 6.45) is 2.52. The Morgan fingerprint density at radius 3 is 1.95 bits per heavy atom. The molecule has 3 aromatic carbocycles.